The fraction of sp³-hybridized carbons (Fsp3) is 0.533. The summed E-state index contributed by atoms with van der Waals surface area (Å²) in [6.45, 7) is 7.16. The van der Waals surface area contributed by atoms with Gasteiger partial charge in [0.05, 0.1) is 0 Å². The molecule has 0 aromatic heterocycles. The highest BCUT2D eigenvalue weighted by atomic mass is 16.6. The maximum Gasteiger partial charge on any atom is 0.422 e. The number of carbonyl (C=O) groups excluding carboxylic acids is 1. The van der Waals surface area contributed by atoms with E-state index in [4.69, 9.17) is 10.5 Å². The average molecular weight is 277 g/mol. The fourth-order valence-corrected chi connectivity index (χ4v) is 2.38. The van der Waals surface area contributed by atoms with Gasteiger partial charge in [-0.3, -0.25) is 5.43 Å². The maximum atomic E-state index is 11.7. The van der Waals surface area contributed by atoms with Crippen LogP contribution in [-0.2, 0) is 4.74 Å². The van der Waals surface area contributed by atoms with E-state index < -0.39 is 11.7 Å². The molecule has 1 aliphatic heterocycles. The minimum Gasteiger partial charge on any atom is -0.443 e. The van der Waals surface area contributed by atoms with Crippen molar-refractivity contribution >= 4 is 11.8 Å². The minimum atomic E-state index is -0.475. The van der Waals surface area contributed by atoms with E-state index >= 15 is 0 Å². The zero-order valence-electron chi connectivity index (χ0n) is 12.3. The van der Waals surface area contributed by atoms with Crippen LogP contribution in [0.2, 0.25) is 0 Å². The molecule has 2 rings (SSSR count). The number of nitrogens with one attached hydrogen (secondary N) is 1. The van der Waals surface area contributed by atoms with Gasteiger partial charge < -0.3 is 10.5 Å². The third-order valence-corrected chi connectivity index (χ3v) is 3.22. The van der Waals surface area contributed by atoms with Gasteiger partial charge in [0.1, 0.15) is 5.60 Å². The number of nitrogens with two attached hydrogens (primary N) is 1. The van der Waals surface area contributed by atoms with Gasteiger partial charge in [-0.05, 0) is 50.8 Å². The number of benzene rings is 1. The third kappa shape index (κ3) is 4.13. The lowest BCUT2D eigenvalue weighted by atomic mass is 9.98. The Balaban J connectivity index is 1.88. The first-order valence-electron chi connectivity index (χ1n) is 6.93. The van der Waals surface area contributed by atoms with Crippen molar-refractivity contribution in [3.63, 3.8) is 0 Å². The molecule has 3 N–H and O–H groups in total. The van der Waals surface area contributed by atoms with Gasteiger partial charge in [0, 0.05) is 18.8 Å². The number of hydrogen-bond donors (Lipinski definition) is 2. The van der Waals surface area contributed by atoms with Gasteiger partial charge in [-0.1, -0.05) is 12.1 Å². The van der Waals surface area contributed by atoms with Crippen molar-refractivity contribution in [2.45, 2.75) is 38.7 Å². The Morgan fingerprint density at radius 1 is 1.45 bits per heavy atom. The highest BCUT2D eigenvalue weighted by Crippen LogP contribution is 2.27. The third-order valence-electron chi connectivity index (χ3n) is 3.22. The summed E-state index contributed by atoms with van der Waals surface area (Å²) in [5.41, 5.74) is 10.1. The first-order valence-corrected chi connectivity index (χ1v) is 6.93. The van der Waals surface area contributed by atoms with Crippen molar-refractivity contribution < 1.29 is 9.53 Å². The van der Waals surface area contributed by atoms with Gasteiger partial charge in [0.2, 0.25) is 0 Å². The Morgan fingerprint density at radius 2 is 2.20 bits per heavy atom. The maximum absolute atomic E-state index is 11.7. The topological polar surface area (TPSA) is 67.6 Å². The SMILES string of the molecule is CC(C)(C)OC(=O)NN1CCC(c2cccc(N)c2)C1. The van der Waals surface area contributed by atoms with Crippen LogP contribution >= 0.6 is 0 Å². The summed E-state index contributed by atoms with van der Waals surface area (Å²) in [4.78, 5) is 11.7. The van der Waals surface area contributed by atoms with E-state index in [1.165, 1.54) is 5.56 Å². The zero-order valence-corrected chi connectivity index (χ0v) is 12.3. The molecule has 0 saturated carbocycles. The van der Waals surface area contributed by atoms with Crippen LogP contribution in [0.4, 0.5) is 10.5 Å². The van der Waals surface area contributed by atoms with E-state index in [-0.39, 0.29) is 0 Å². The summed E-state index contributed by atoms with van der Waals surface area (Å²) in [6, 6.07) is 7.93. The minimum absolute atomic E-state index is 0.397. The largest absolute Gasteiger partial charge is 0.443 e. The number of hydrazine groups is 1. The van der Waals surface area contributed by atoms with Crippen LogP contribution < -0.4 is 11.2 Å². The lowest BCUT2D eigenvalue weighted by Crippen LogP contribution is -2.43. The summed E-state index contributed by atoms with van der Waals surface area (Å²) in [5, 5.41) is 1.90. The normalized spacial score (nSPS) is 19.9. The van der Waals surface area contributed by atoms with Crippen LogP contribution in [-0.4, -0.2) is 29.8 Å². The first kappa shape index (κ1) is 14.7. The van der Waals surface area contributed by atoms with E-state index in [1.807, 2.05) is 44.0 Å². The molecule has 0 aliphatic carbocycles. The number of hydrogen-bond acceptors (Lipinski definition) is 4. The van der Waals surface area contributed by atoms with Gasteiger partial charge >= 0.3 is 6.09 Å². The van der Waals surface area contributed by atoms with Crippen molar-refractivity contribution in [3.8, 4) is 0 Å². The number of nitrogens with zero attached hydrogens (tertiary/aromatic N) is 1. The van der Waals surface area contributed by atoms with E-state index in [0.29, 0.717) is 5.92 Å². The summed E-state index contributed by atoms with van der Waals surface area (Å²) >= 11 is 0. The highest BCUT2D eigenvalue weighted by molar-refractivity contribution is 5.67. The second kappa shape index (κ2) is 5.71. The molecule has 20 heavy (non-hydrogen) atoms. The molecule has 110 valence electrons. The molecule has 0 radical (unpaired) electrons. The molecule has 1 fully saturated rings. The van der Waals surface area contributed by atoms with Gasteiger partial charge in [-0.15, -0.1) is 0 Å². The van der Waals surface area contributed by atoms with Crippen LogP contribution in [0.1, 0.15) is 38.7 Å². The molecule has 0 bridgehead atoms. The molecule has 5 nitrogen and oxygen atoms in total. The molecule has 1 amide bonds. The standard InChI is InChI=1S/C15H23N3O2/c1-15(2,3)20-14(19)17-18-8-7-12(10-18)11-5-4-6-13(16)9-11/h4-6,9,12H,7-8,10,16H2,1-3H3,(H,17,19). The van der Waals surface area contributed by atoms with E-state index in [2.05, 4.69) is 11.5 Å². The average Bonchev–Trinajstić information content (AvgIpc) is 2.74. The second-order valence-corrected chi connectivity index (χ2v) is 6.22. The lowest BCUT2D eigenvalue weighted by molar-refractivity contribution is 0.0364. The summed E-state index contributed by atoms with van der Waals surface area (Å²) in [6.07, 6.45) is 0.602. The molecule has 1 saturated heterocycles. The number of ether oxygens (including phenoxy) is 1. The smallest absolute Gasteiger partial charge is 0.422 e. The van der Waals surface area contributed by atoms with Crippen molar-refractivity contribution in [1.82, 2.24) is 10.4 Å². The predicted molar refractivity (Wildman–Crippen MR) is 79.2 cm³/mol. The Morgan fingerprint density at radius 3 is 2.85 bits per heavy atom. The molecule has 1 atom stereocenters. The molecule has 1 aliphatic rings. The summed E-state index contributed by atoms with van der Waals surface area (Å²) in [5.74, 6) is 0.397. The van der Waals surface area contributed by atoms with Crippen LogP contribution in [0.25, 0.3) is 0 Å². The molecule has 0 spiro atoms. The Bertz CT molecular complexity index is 482. The lowest BCUT2D eigenvalue weighted by Gasteiger charge is -2.23. The van der Waals surface area contributed by atoms with E-state index in [9.17, 15) is 4.79 Å². The molecular weight excluding hydrogens is 254 g/mol. The zero-order chi connectivity index (χ0) is 14.8. The number of anilines is 1. The van der Waals surface area contributed by atoms with Crippen molar-refractivity contribution in [2.24, 2.45) is 0 Å². The fourth-order valence-electron chi connectivity index (χ4n) is 2.38. The number of nitrogen functional groups attached to an aromatic ring is 1. The second-order valence-electron chi connectivity index (χ2n) is 6.22. The molecule has 1 aromatic carbocycles. The number of carbonyl (C=O) groups is 1. The Labute approximate surface area is 120 Å². The predicted octanol–water partition coefficient (Wildman–Crippen LogP) is 2.50. The molecule has 1 unspecified atom stereocenters. The van der Waals surface area contributed by atoms with Gasteiger partial charge in [-0.25, -0.2) is 9.80 Å². The molecule has 5 heteroatoms. The first-order chi connectivity index (χ1) is 9.33. The van der Waals surface area contributed by atoms with Crippen molar-refractivity contribution in [2.75, 3.05) is 18.8 Å². The van der Waals surface area contributed by atoms with Crippen molar-refractivity contribution in [3.05, 3.63) is 29.8 Å². The van der Waals surface area contributed by atoms with Crippen LogP contribution in [0.3, 0.4) is 0 Å². The summed E-state index contributed by atoms with van der Waals surface area (Å²) < 4.78 is 5.25. The molecule has 1 aromatic rings. The van der Waals surface area contributed by atoms with E-state index in [1.54, 1.807) is 0 Å². The van der Waals surface area contributed by atoms with Crippen LogP contribution in [0.15, 0.2) is 24.3 Å². The Kier molecular flexibility index (Phi) is 4.18. The monoisotopic (exact) mass is 277 g/mol. The molecule has 1 heterocycles. The van der Waals surface area contributed by atoms with Gasteiger partial charge in [-0.2, -0.15) is 0 Å². The van der Waals surface area contributed by atoms with E-state index in [0.717, 1.165) is 25.2 Å². The van der Waals surface area contributed by atoms with Crippen LogP contribution in [0.5, 0.6) is 0 Å². The number of rotatable bonds is 2. The quantitative estimate of drug-likeness (QED) is 0.815. The number of amides is 1. The van der Waals surface area contributed by atoms with Crippen molar-refractivity contribution in [1.29, 1.82) is 0 Å². The Hall–Kier alpha value is -1.75. The van der Waals surface area contributed by atoms with Gasteiger partial charge in [0.15, 0.2) is 0 Å². The van der Waals surface area contributed by atoms with Crippen LogP contribution in [0, 0.1) is 0 Å². The van der Waals surface area contributed by atoms with Gasteiger partial charge in [0.25, 0.3) is 0 Å². The molecular formula is C15H23N3O2. The summed E-state index contributed by atoms with van der Waals surface area (Å²) in [7, 11) is 0. The highest BCUT2D eigenvalue weighted by Gasteiger charge is 2.26.